The van der Waals surface area contributed by atoms with Crippen molar-refractivity contribution in [2.45, 2.75) is 38.6 Å². The minimum absolute atomic E-state index is 0.000361. The van der Waals surface area contributed by atoms with Crippen LogP contribution in [0, 0.1) is 12.7 Å². The molecule has 0 radical (unpaired) electrons. The van der Waals surface area contributed by atoms with E-state index in [0.29, 0.717) is 35.8 Å². The number of rotatable bonds is 5. The average molecular weight is 333 g/mol. The van der Waals surface area contributed by atoms with Crippen LogP contribution in [0.1, 0.15) is 30.7 Å². The number of amides is 1. The lowest BCUT2D eigenvalue weighted by molar-refractivity contribution is -0.132. The molecule has 2 aromatic rings. The molecule has 128 valence electrons. The van der Waals surface area contributed by atoms with Gasteiger partial charge in [-0.15, -0.1) is 0 Å². The fourth-order valence-electron chi connectivity index (χ4n) is 2.97. The number of carbonyl (C=O) groups is 1. The van der Waals surface area contributed by atoms with Gasteiger partial charge in [0, 0.05) is 24.9 Å². The Hall–Kier alpha value is -2.28. The zero-order chi connectivity index (χ0) is 17.1. The average Bonchev–Trinajstić information content (AvgIpc) is 3.24. The topological polar surface area (TPSA) is 79.5 Å². The van der Waals surface area contributed by atoms with Gasteiger partial charge >= 0.3 is 0 Å². The van der Waals surface area contributed by atoms with Gasteiger partial charge in [0.15, 0.2) is 0 Å². The summed E-state index contributed by atoms with van der Waals surface area (Å²) in [6, 6.07) is 4.55. The van der Waals surface area contributed by atoms with Crippen molar-refractivity contribution >= 4 is 5.91 Å². The molecule has 7 heteroatoms. The van der Waals surface area contributed by atoms with Crippen LogP contribution in [-0.4, -0.2) is 45.2 Å². The number of halogens is 1. The predicted molar refractivity (Wildman–Crippen MR) is 84.6 cm³/mol. The van der Waals surface area contributed by atoms with Crippen molar-refractivity contribution in [1.29, 1.82) is 0 Å². The molecule has 1 amide bonds. The van der Waals surface area contributed by atoms with E-state index in [0.717, 1.165) is 12.8 Å². The van der Waals surface area contributed by atoms with Crippen LogP contribution >= 0.6 is 0 Å². The van der Waals surface area contributed by atoms with Crippen LogP contribution in [-0.2, 0) is 11.2 Å². The smallest absolute Gasteiger partial charge is 0.227 e. The third kappa shape index (κ3) is 3.46. The summed E-state index contributed by atoms with van der Waals surface area (Å²) >= 11 is 0. The molecule has 3 rings (SSSR count). The fraction of sp³-hybridized carbons (Fsp3) is 0.471. The normalized spacial score (nSPS) is 17.5. The summed E-state index contributed by atoms with van der Waals surface area (Å²) in [5, 5.41) is 13.2. The van der Waals surface area contributed by atoms with Gasteiger partial charge in [0.05, 0.1) is 12.6 Å². The highest BCUT2D eigenvalue weighted by Gasteiger charge is 2.27. The lowest BCUT2D eigenvalue weighted by atomic mass is 10.1. The van der Waals surface area contributed by atoms with E-state index in [1.807, 2.05) is 0 Å². The molecule has 1 aromatic heterocycles. The molecule has 1 atom stereocenters. The van der Waals surface area contributed by atoms with Crippen LogP contribution in [0.15, 0.2) is 22.7 Å². The Labute approximate surface area is 139 Å². The number of nitrogens with zero attached hydrogens (tertiary/aromatic N) is 3. The first-order chi connectivity index (χ1) is 11.6. The number of aryl methyl sites for hydroxylation is 2. The van der Waals surface area contributed by atoms with E-state index in [2.05, 4.69) is 10.1 Å². The van der Waals surface area contributed by atoms with Crippen LogP contribution in [0.2, 0.25) is 0 Å². The maximum absolute atomic E-state index is 13.3. The third-order valence-corrected chi connectivity index (χ3v) is 4.35. The number of hydrogen-bond donors (Lipinski definition) is 1. The van der Waals surface area contributed by atoms with Crippen LogP contribution in [0.4, 0.5) is 4.39 Å². The fourth-order valence-corrected chi connectivity index (χ4v) is 2.97. The number of carbonyl (C=O) groups excluding carboxylic acids is 1. The number of likely N-dealkylation sites (tertiary alicyclic amines) is 1. The maximum atomic E-state index is 13.3. The highest BCUT2D eigenvalue weighted by Crippen LogP contribution is 2.21. The van der Waals surface area contributed by atoms with Gasteiger partial charge < -0.3 is 14.5 Å². The Morgan fingerprint density at radius 2 is 2.33 bits per heavy atom. The Morgan fingerprint density at radius 1 is 1.50 bits per heavy atom. The van der Waals surface area contributed by atoms with Crippen molar-refractivity contribution in [3.63, 3.8) is 0 Å². The number of aromatic nitrogens is 2. The van der Waals surface area contributed by atoms with Crippen LogP contribution in [0.3, 0.4) is 0 Å². The lowest BCUT2D eigenvalue weighted by Gasteiger charge is -2.22. The standard InChI is InChI=1S/C17H20FN3O3/c1-11-9-12(4-5-14(11)18)17-19-15(24-20-17)6-7-16(23)21-8-2-3-13(21)10-22/h4-5,9,13,22H,2-3,6-8,10H2,1H3/t13-/m1/s1. The van der Waals surface area contributed by atoms with Crippen molar-refractivity contribution < 1.29 is 18.8 Å². The second kappa shape index (κ2) is 7.09. The van der Waals surface area contributed by atoms with Gasteiger partial charge in [-0.3, -0.25) is 4.79 Å². The molecule has 1 N–H and O–H groups in total. The van der Waals surface area contributed by atoms with E-state index < -0.39 is 0 Å². The van der Waals surface area contributed by atoms with E-state index in [4.69, 9.17) is 4.52 Å². The third-order valence-electron chi connectivity index (χ3n) is 4.35. The molecule has 24 heavy (non-hydrogen) atoms. The number of hydrogen-bond acceptors (Lipinski definition) is 5. The van der Waals surface area contributed by atoms with Crippen LogP contribution in [0.5, 0.6) is 0 Å². The molecular formula is C17H20FN3O3. The van der Waals surface area contributed by atoms with Crippen molar-refractivity contribution in [3.05, 3.63) is 35.5 Å². The molecular weight excluding hydrogens is 313 g/mol. The largest absolute Gasteiger partial charge is 0.394 e. The van der Waals surface area contributed by atoms with Crippen molar-refractivity contribution in [3.8, 4) is 11.4 Å². The van der Waals surface area contributed by atoms with Gasteiger partial charge in [-0.1, -0.05) is 5.16 Å². The first-order valence-electron chi connectivity index (χ1n) is 8.08. The monoisotopic (exact) mass is 333 g/mol. The van der Waals surface area contributed by atoms with Gasteiger partial charge in [0.25, 0.3) is 0 Å². The predicted octanol–water partition coefficient (Wildman–Crippen LogP) is 2.10. The molecule has 1 aromatic carbocycles. The molecule has 0 unspecified atom stereocenters. The SMILES string of the molecule is Cc1cc(-c2noc(CCC(=O)N3CCC[C@@H]3CO)n2)ccc1F. The minimum atomic E-state index is -0.280. The summed E-state index contributed by atoms with van der Waals surface area (Å²) in [5.41, 5.74) is 1.19. The Kier molecular flexibility index (Phi) is 4.89. The zero-order valence-corrected chi connectivity index (χ0v) is 13.5. The van der Waals surface area contributed by atoms with Crippen molar-refractivity contribution in [2.24, 2.45) is 0 Å². The van der Waals surface area contributed by atoms with E-state index in [1.165, 1.54) is 6.07 Å². The highest BCUT2D eigenvalue weighted by molar-refractivity contribution is 5.77. The first-order valence-corrected chi connectivity index (χ1v) is 8.08. The van der Waals surface area contributed by atoms with Crippen molar-refractivity contribution in [1.82, 2.24) is 15.0 Å². The molecule has 1 saturated heterocycles. The van der Waals surface area contributed by atoms with E-state index >= 15 is 0 Å². The molecule has 2 heterocycles. The van der Waals surface area contributed by atoms with E-state index in [1.54, 1.807) is 24.0 Å². The van der Waals surface area contributed by atoms with Crippen molar-refractivity contribution in [2.75, 3.05) is 13.2 Å². The van der Waals surface area contributed by atoms with E-state index in [-0.39, 0.29) is 30.8 Å². The Morgan fingerprint density at radius 3 is 3.08 bits per heavy atom. The summed E-state index contributed by atoms with van der Waals surface area (Å²) < 4.78 is 18.5. The van der Waals surface area contributed by atoms with Crippen LogP contribution in [0.25, 0.3) is 11.4 Å². The van der Waals surface area contributed by atoms with Gasteiger partial charge in [-0.2, -0.15) is 4.98 Å². The van der Waals surface area contributed by atoms with Gasteiger partial charge in [0.1, 0.15) is 5.82 Å². The molecule has 0 saturated carbocycles. The molecule has 1 aliphatic rings. The van der Waals surface area contributed by atoms with E-state index in [9.17, 15) is 14.3 Å². The van der Waals surface area contributed by atoms with Crippen LogP contribution < -0.4 is 0 Å². The second-order valence-electron chi connectivity index (χ2n) is 6.04. The van der Waals surface area contributed by atoms with Gasteiger partial charge in [0.2, 0.25) is 17.6 Å². The molecule has 0 bridgehead atoms. The quantitative estimate of drug-likeness (QED) is 0.906. The summed E-state index contributed by atoms with van der Waals surface area (Å²) in [7, 11) is 0. The van der Waals surface area contributed by atoms with Gasteiger partial charge in [-0.05, 0) is 43.5 Å². The summed E-state index contributed by atoms with van der Waals surface area (Å²) in [4.78, 5) is 18.2. The molecule has 6 nitrogen and oxygen atoms in total. The molecule has 1 aliphatic heterocycles. The number of aliphatic hydroxyl groups is 1. The maximum Gasteiger partial charge on any atom is 0.227 e. The second-order valence-corrected chi connectivity index (χ2v) is 6.04. The number of aliphatic hydroxyl groups excluding tert-OH is 1. The first kappa shape index (κ1) is 16.6. The lowest BCUT2D eigenvalue weighted by Crippen LogP contribution is -2.37. The summed E-state index contributed by atoms with van der Waals surface area (Å²) in [6.07, 6.45) is 2.38. The zero-order valence-electron chi connectivity index (χ0n) is 13.5. The Bertz CT molecular complexity index is 732. The molecule has 0 spiro atoms. The molecule has 0 aliphatic carbocycles. The Balaban J connectivity index is 1.62. The highest BCUT2D eigenvalue weighted by atomic mass is 19.1. The minimum Gasteiger partial charge on any atom is -0.394 e. The summed E-state index contributed by atoms with van der Waals surface area (Å²) in [5.74, 6) is 0.469. The summed E-state index contributed by atoms with van der Waals surface area (Å²) in [6.45, 7) is 2.36. The number of benzene rings is 1. The van der Waals surface area contributed by atoms with Gasteiger partial charge in [-0.25, -0.2) is 4.39 Å². The molecule has 1 fully saturated rings.